The second-order valence-corrected chi connectivity index (χ2v) is 9.67. The lowest BCUT2D eigenvalue weighted by atomic mass is 9.86. The minimum absolute atomic E-state index is 0.0324. The summed E-state index contributed by atoms with van der Waals surface area (Å²) < 4.78 is 11.8. The quantitative estimate of drug-likeness (QED) is 0.661. The van der Waals surface area contributed by atoms with Gasteiger partial charge in [-0.2, -0.15) is 0 Å². The van der Waals surface area contributed by atoms with Gasteiger partial charge in [-0.25, -0.2) is 0 Å². The second-order valence-electron chi connectivity index (χ2n) is 9.67. The highest BCUT2D eigenvalue weighted by atomic mass is 16.6. The number of nitrogens with zero attached hydrogens (tertiary/aromatic N) is 1. The van der Waals surface area contributed by atoms with Gasteiger partial charge >= 0.3 is 11.9 Å². The molecule has 4 aliphatic rings. The average molecular weight is 392 g/mol. The van der Waals surface area contributed by atoms with E-state index < -0.39 is 0 Å². The fraction of sp³-hybridized carbons (Fsp3) is 0.913. The maximum absolute atomic E-state index is 13.1. The molecular weight excluding hydrogens is 354 g/mol. The molecule has 2 bridgehead atoms. The Morgan fingerprint density at radius 1 is 0.857 bits per heavy atom. The molecule has 4 fully saturated rings. The zero-order chi connectivity index (χ0) is 19.5. The zero-order valence-corrected chi connectivity index (χ0v) is 17.4. The maximum Gasteiger partial charge on any atom is 0.314 e. The van der Waals surface area contributed by atoms with E-state index in [-0.39, 0.29) is 35.9 Å². The molecule has 5 nitrogen and oxygen atoms in total. The third-order valence-electron chi connectivity index (χ3n) is 7.88. The molecule has 2 saturated carbocycles. The first-order valence-corrected chi connectivity index (χ1v) is 11.7. The minimum atomic E-state index is -0.320. The Balaban J connectivity index is 1.39. The van der Waals surface area contributed by atoms with Gasteiger partial charge < -0.3 is 9.47 Å². The molecule has 0 amide bonds. The van der Waals surface area contributed by atoms with Crippen molar-refractivity contribution in [2.45, 2.75) is 102 Å². The summed E-state index contributed by atoms with van der Waals surface area (Å²) in [6, 6.07) is 0.582. The van der Waals surface area contributed by atoms with E-state index in [1.807, 2.05) is 0 Å². The maximum atomic E-state index is 13.1. The van der Waals surface area contributed by atoms with Crippen LogP contribution in [0, 0.1) is 17.8 Å². The number of rotatable bonds is 5. The smallest absolute Gasteiger partial charge is 0.314 e. The molecule has 2 heterocycles. The van der Waals surface area contributed by atoms with Crippen molar-refractivity contribution < 1.29 is 19.1 Å². The average Bonchev–Trinajstić information content (AvgIpc) is 2.97. The van der Waals surface area contributed by atoms with Gasteiger partial charge in [0.25, 0.3) is 0 Å². The van der Waals surface area contributed by atoms with Crippen LogP contribution in [0.25, 0.3) is 0 Å². The summed E-state index contributed by atoms with van der Waals surface area (Å²) in [7, 11) is 2.11. The predicted molar refractivity (Wildman–Crippen MR) is 107 cm³/mol. The summed E-state index contributed by atoms with van der Waals surface area (Å²) >= 11 is 0. The van der Waals surface area contributed by atoms with E-state index in [9.17, 15) is 9.59 Å². The fourth-order valence-electron chi connectivity index (χ4n) is 6.08. The molecule has 4 rings (SSSR count). The van der Waals surface area contributed by atoms with Gasteiger partial charge in [0.2, 0.25) is 0 Å². The van der Waals surface area contributed by atoms with E-state index in [4.69, 9.17) is 9.47 Å². The molecule has 0 N–H and O–H groups in total. The number of fused-ring (bicyclic) bond motifs is 2. The largest absolute Gasteiger partial charge is 0.465 e. The Morgan fingerprint density at radius 3 is 2.25 bits per heavy atom. The highest BCUT2D eigenvalue weighted by Crippen LogP contribution is 2.41. The topological polar surface area (TPSA) is 55.8 Å². The highest BCUT2D eigenvalue weighted by Gasteiger charge is 2.51. The molecule has 0 aromatic rings. The van der Waals surface area contributed by atoms with Crippen molar-refractivity contribution in [2.75, 3.05) is 13.7 Å². The van der Waals surface area contributed by atoms with Crippen molar-refractivity contribution in [3.8, 4) is 0 Å². The number of hydrogen-bond acceptors (Lipinski definition) is 5. The van der Waals surface area contributed by atoms with Gasteiger partial charge in [0.05, 0.1) is 12.5 Å². The summed E-state index contributed by atoms with van der Waals surface area (Å²) in [4.78, 5) is 28.2. The second kappa shape index (κ2) is 9.15. The molecule has 0 aromatic carbocycles. The van der Waals surface area contributed by atoms with Crippen LogP contribution in [0.3, 0.4) is 0 Å². The van der Waals surface area contributed by atoms with Crippen molar-refractivity contribution >= 4 is 11.9 Å². The third kappa shape index (κ3) is 4.39. The van der Waals surface area contributed by atoms with E-state index in [2.05, 4.69) is 11.9 Å². The first-order valence-electron chi connectivity index (χ1n) is 11.7. The molecule has 2 saturated heterocycles. The number of ether oxygens (including phenoxy) is 2. The molecule has 2 aliphatic heterocycles. The lowest BCUT2D eigenvalue weighted by Gasteiger charge is -2.41. The summed E-state index contributed by atoms with van der Waals surface area (Å²) in [5, 5.41) is 0. The summed E-state index contributed by atoms with van der Waals surface area (Å²) in [6.07, 6.45) is 14.0. The van der Waals surface area contributed by atoms with E-state index >= 15 is 0 Å². The monoisotopic (exact) mass is 391 g/mol. The standard InChI is InChI=1S/C23H37NO4/c1-24-18-12-13-19(24)21(23(26)27-15-16-8-4-2-5-9-16)20(14-18)28-22(25)17-10-6-3-7-11-17/h16-21H,2-15H2,1H3/t18-,19?,20+,21?/m1/s1. The molecular formula is C23H37NO4. The minimum Gasteiger partial charge on any atom is -0.465 e. The first-order chi connectivity index (χ1) is 13.6. The SMILES string of the molecule is CN1C2CC[C@@H]1C[C@H](OC(=O)C1CCCCC1)C2C(=O)OCC1CCCCC1. The van der Waals surface area contributed by atoms with Crippen LogP contribution >= 0.6 is 0 Å². The van der Waals surface area contributed by atoms with E-state index in [0.717, 1.165) is 44.9 Å². The van der Waals surface area contributed by atoms with Crippen LogP contribution in [0.15, 0.2) is 0 Å². The lowest BCUT2D eigenvalue weighted by Crippen LogP contribution is -2.54. The summed E-state index contributed by atoms with van der Waals surface area (Å²) in [5.74, 6) is 0.0198. The van der Waals surface area contributed by atoms with Gasteiger partial charge in [0, 0.05) is 18.5 Å². The molecule has 28 heavy (non-hydrogen) atoms. The van der Waals surface area contributed by atoms with Gasteiger partial charge in [-0.3, -0.25) is 14.5 Å². The van der Waals surface area contributed by atoms with E-state index in [1.165, 1.54) is 38.5 Å². The fourth-order valence-corrected chi connectivity index (χ4v) is 6.08. The Bertz CT molecular complexity index is 553. The number of piperidine rings is 1. The normalized spacial score (nSPS) is 34.9. The van der Waals surface area contributed by atoms with Crippen LogP contribution in [-0.4, -0.2) is 48.7 Å². The molecule has 158 valence electrons. The number of carbonyl (C=O) groups is 2. The van der Waals surface area contributed by atoms with Crippen LogP contribution in [0.4, 0.5) is 0 Å². The number of hydrogen-bond donors (Lipinski definition) is 0. The number of carbonyl (C=O) groups excluding carboxylic acids is 2. The molecule has 2 aliphatic carbocycles. The Morgan fingerprint density at radius 2 is 1.54 bits per heavy atom. The molecule has 0 radical (unpaired) electrons. The first kappa shape index (κ1) is 20.2. The van der Waals surface area contributed by atoms with Crippen LogP contribution in [0.1, 0.15) is 83.5 Å². The molecule has 2 unspecified atom stereocenters. The lowest BCUT2D eigenvalue weighted by molar-refractivity contribution is -0.174. The summed E-state index contributed by atoms with van der Waals surface area (Å²) in [6.45, 7) is 0.540. The number of esters is 2. The predicted octanol–water partition coefficient (Wildman–Crippen LogP) is 4.08. The third-order valence-corrected chi connectivity index (χ3v) is 7.88. The van der Waals surface area contributed by atoms with Crippen LogP contribution in [0.5, 0.6) is 0 Å². The van der Waals surface area contributed by atoms with Crippen molar-refractivity contribution in [1.82, 2.24) is 4.90 Å². The van der Waals surface area contributed by atoms with Crippen LogP contribution in [-0.2, 0) is 19.1 Å². The van der Waals surface area contributed by atoms with E-state index in [0.29, 0.717) is 18.6 Å². The van der Waals surface area contributed by atoms with Gasteiger partial charge in [-0.1, -0.05) is 38.5 Å². The van der Waals surface area contributed by atoms with Crippen molar-refractivity contribution in [1.29, 1.82) is 0 Å². The Kier molecular flexibility index (Phi) is 6.59. The van der Waals surface area contributed by atoms with Crippen molar-refractivity contribution in [3.63, 3.8) is 0 Å². The molecule has 0 aromatic heterocycles. The Hall–Kier alpha value is -1.10. The zero-order valence-electron chi connectivity index (χ0n) is 17.4. The van der Waals surface area contributed by atoms with Gasteiger partial charge in [-0.05, 0) is 51.5 Å². The Labute approximate surface area is 169 Å². The van der Waals surface area contributed by atoms with Crippen molar-refractivity contribution in [2.24, 2.45) is 17.8 Å². The van der Waals surface area contributed by atoms with Crippen LogP contribution in [0.2, 0.25) is 0 Å². The van der Waals surface area contributed by atoms with Gasteiger partial charge in [-0.15, -0.1) is 0 Å². The molecule has 4 atom stereocenters. The van der Waals surface area contributed by atoms with Gasteiger partial charge in [0.15, 0.2) is 0 Å². The molecule has 0 spiro atoms. The van der Waals surface area contributed by atoms with Crippen molar-refractivity contribution in [3.05, 3.63) is 0 Å². The van der Waals surface area contributed by atoms with Crippen LogP contribution < -0.4 is 0 Å². The molecule has 5 heteroatoms. The van der Waals surface area contributed by atoms with Gasteiger partial charge in [0.1, 0.15) is 12.0 Å². The van der Waals surface area contributed by atoms with E-state index in [1.54, 1.807) is 0 Å². The highest BCUT2D eigenvalue weighted by molar-refractivity contribution is 5.77. The summed E-state index contributed by atoms with van der Waals surface area (Å²) in [5.41, 5.74) is 0.